The van der Waals surface area contributed by atoms with E-state index in [4.69, 9.17) is 14.2 Å². The molecule has 0 fully saturated rings. The maximum atomic E-state index is 11.8. The van der Waals surface area contributed by atoms with Gasteiger partial charge >= 0.3 is 6.09 Å². The van der Waals surface area contributed by atoms with E-state index in [0.717, 1.165) is 6.29 Å². The number of hydrogen-bond donors (Lipinski definition) is 0. The molecule has 0 N–H and O–H groups in total. The van der Waals surface area contributed by atoms with Crippen molar-refractivity contribution in [1.29, 1.82) is 0 Å². The number of amides is 1. The summed E-state index contributed by atoms with van der Waals surface area (Å²) < 4.78 is 16.0. The van der Waals surface area contributed by atoms with Crippen molar-refractivity contribution >= 4 is 12.4 Å². The first-order valence-electron chi connectivity index (χ1n) is 6.97. The van der Waals surface area contributed by atoms with E-state index in [1.165, 1.54) is 12.0 Å². The van der Waals surface area contributed by atoms with Crippen molar-refractivity contribution in [2.24, 2.45) is 0 Å². The van der Waals surface area contributed by atoms with E-state index < -0.39 is 11.7 Å². The van der Waals surface area contributed by atoms with E-state index in [2.05, 4.69) is 0 Å². The molecule has 1 rings (SSSR count). The van der Waals surface area contributed by atoms with Crippen LogP contribution in [0.2, 0.25) is 0 Å². The zero-order valence-corrected chi connectivity index (χ0v) is 13.7. The molecule has 0 aliphatic rings. The number of hydrogen-bond acceptors (Lipinski definition) is 5. The lowest BCUT2D eigenvalue weighted by atomic mass is 10.2. The van der Waals surface area contributed by atoms with Crippen LogP contribution in [-0.2, 0) is 4.74 Å². The number of likely N-dealkylation sites (N-methyl/N-ethyl adjacent to an activating group) is 1. The van der Waals surface area contributed by atoms with Gasteiger partial charge in [-0.15, -0.1) is 0 Å². The fourth-order valence-corrected chi connectivity index (χ4v) is 1.60. The molecule has 0 aromatic heterocycles. The fraction of sp³-hybridized carbons (Fsp3) is 0.500. The van der Waals surface area contributed by atoms with Gasteiger partial charge in [0.2, 0.25) is 0 Å². The van der Waals surface area contributed by atoms with Gasteiger partial charge in [-0.1, -0.05) is 0 Å². The largest absolute Gasteiger partial charge is 0.493 e. The molecule has 0 aliphatic heterocycles. The number of methoxy groups -OCH3 is 1. The summed E-state index contributed by atoms with van der Waals surface area (Å²) in [5.41, 5.74) is -0.0374. The predicted molar refractivity (Wildman–Crippen MR) is 82.7 cm³/mol. The Labute approximate surface area is 131 Å². The highest BCUT2D eigenvalue weighted by Gasteiger charge is 2.19. The second-order valence-corrected chi connectivity index (χ2v) is 5.78. The van der Waals surface area contributed by atoms with Crippen LogP contribution in [0.15, 0.2) is 18.2 Å². The lowest BCUT2D eigenvalue weighted by molar-refractivity contribution is 0.0278. The van der Waals surface area contributed by atoms with Crippen molar-refractivity contribution in [3.05, 3.63) is 23.8 Å². The summed E-state index contributed by atoms with van der Waals surface area (Å²) in [5.74, 6) is 0.996. The van der Waals surface area contributed by atoms with Gasteiger partial charge in [-0.2, -0.15) is 0 Å². The number of carbonyl (C=O) groups excluding carboxylic acids is 2. The molecule has 6 heteroatoms. The van der Waals surface area contributed by atoms with Crippen LogP contribution < -0.4 is 9.47 Å². The van der Waals surface area contributed by atoms with Gasteiger partial charge in [0.05, 0.1) is 13.7 Å². The number of benzene rings is 1. The van der Waals surface area contributed by atoms with E-state index in [-0.39, 0.29) is 6.61 Å². The Morgan fingerprint density at radius 2 is 1.95 bits per heavy atom. The van der Waals surface area contributed by atoms with E-state index in [0.29, 0.717) is 23.6 Å². The fourth-order valence-electron chi connectivity index (χ4n) is 1.60. The first-order chi connectivity index (χ1) is 10.3. The molecular formula is C16H23NO5. The van der Waals surface area contributed by atoms with Crippen LogP contribution >= 0.6 is 0 Å². The van der Waals surface area contributed by atoms with Crippen molar-refractivity contribution in [3.8, 4) is 11.5 Å². The number of rotatable bonds is 6. The second-order valence-electron chi connectivity index (χ2n) is 5.78. The SMILES string of the molecule is COc1ccc(C=O)cc1OCCN(C)C(=O)OC(C)(C)C. The van der Waals surface area contributed by atoms with Gasteiger partial charge in [0, 0.05) is 12.6 Å². The van der Waals surface area contributed by atoms with Crippen molar-refractivity contribution in [3.63, 3.8) is 0 Å². The molecule has 0 radical (unpaired) electrons. The Morgan fingerprint density at radius 3 is 2.50 bits per heavy atom. The summed E-state index contributed by atoms with van der Waals surface area (Å²) in [6, 6.07) is 4.90. The van der Waals surface area contributed by atoms with Crippen LogP contribution in [0, 0.1) is 0 Å². The zero-order chi connectivity index (χ0) is 16.8. The molecular weight excluding hydrogens is 286 g/mol. The molecule has 0 saturated heterocycles. The highest BCUT2D eigenvalue weighted by molar-refractivity contribution is 5.76. The summed E-state index contributed by atoms with van der Waals surface area (Å²) in [6.45, 7) is 6.04. The van der Waals surface area contributed by atoms with Crippen LogP contribution in [0.5, 0.6) is 11.5 Å². The van der Waals surface area contributed by atoms with Gasteiger partial charge in [0.15, 0.2) is 11.5 Å². The number of ether oxygens (including phenoxy) is 3. The minimum absolute atomic E-state index is 0.258. The van der Waals surface area contributed by atoms with Gasteiger partial charge in [-0.25, -0.2) is 4.79 Å². The molecule has 22 heavy (non-hydrogen) atoms. The molecule has 1 aromatic carbocycles. The lowest BCUT2D eigenvalue weighted by Gasteiger charge is -2.24. The minimum Gasteiger partial charge on any atom is -0.493 e. The van der Waals surface area contributed by atoms with E-state index in [9.17, 15) is 9.59 Å². The van der Waals surface area contributed by atoms with Crippen LogP contribution in [0.3, 0.4) is 0 Å². The van der Waals surface area contributed by atoms with Crippen LogP contribution in [-0.4, -0.2) is 50.2 Å². The Kier molecular flexibility index (Phi) is 6.22. The maximum absolute atomic E-state index is 11.8. The Hall–Kier alpha value is -2.24. The Bertz CT molecular complexity index is 522. The molecule has 122 valence electrons. The zero-order valence-electron chi connectivity index (χ0n) is 13.7. The predicted octanol–water partition coefficient (Wildman–Crippen LogP) is 2.75. The van der Waals surface area contributed by atoms with Gasteiger partial charge in [0.25, 0.3) is 0 Å². The van der Waals surface area contributed by atoms with Gasteiger partial charge < -0.3 is 19.1 Å². The first-order valence-corrected chi connectivity index (χ1v) is 6.97. The number of aldehydes is 1. The van der Waals surface area contributed by atoms with Crippen molar-refractivity contribution in [1.82, 2.24) is 4.90 Å². The molecule has 0 atom stereocenters. The van der Waals surface area contributed by atoms with Crippen molar-refractivity contribution in [2.45, 2.75) is 26.4 Å². The Balaban J connectivity index is 2.56. The maximum Gasteiger partial charge on any atom is 0.410 e. The average molecular weight is 309 g/mol. The number of carbonyl (C=O) groups is 2. The molecule has 0 unspecified atom stereocenters. The summed E-state index contributed by atoms with van der Waals surface area (Å²) in [4.78, 5) is 24.0. The van der Waals surface area contributed by atoms with Crippen molar-refractivity contribution < 1.29 is 23.8 Å². The quantitative estimate of drug-likeness (QED) is 0.756. The normalized spacial score (nSPS) is 10.8. The van der Waals surface area contributed by atoms with Crippen LogP contribution in [0.25, 0.3) is 0 Å². The van der Waals surface area contributed by atoms with Crippen LogP contribution in [0.1, 0.15) is 31.1 Å². The standard InChI is InChI=1S/C16H23NO5/c1-16(2,3)22-15(19)17(4)8-9-21-14-10-12(11-18)6-7-13(14)20-5/h6-7,10-11H,8-9H2,1-5H3. The molecule has 0 bridgehead atoms. The third-order valence-corrected chi connectivity index (χ3v) is 2.71. The molecule has 1 amide bonds. The molecule has 6 nitrogen and oxygen atoms in total. The second kappa shape index (κ2) is 7.68. The highest BCUT2D eigenvalue weighted by Crippen LogP contribution is 2.27. The molecule has 0 aliphatic carbocycles. The topological polar surface area (TPSA) is 65.1 Å². The van der Waals surface area contributed by atoms with E-state index >= 15 is 0 Å². The smallest absolute Gasteiger partial charge is 0.410 e. The summed E-state index contributed by atoms with van der Waals surface area (Å²) in [7, 11) is 3.16. The van der Waals surface area contributed by atoms with Gasteiger partial charge in [0.1, 0.15) is 18.5 Å². The first kappa shape index (κ1) is 17.8. The minimum atomic E-state index is -0.534. The molecule has 0 heterocycles. The summed E-state index contributed by atoms with van der Waals surface area (Å²) >= 11 is 0. The van der Waals surface area contributed by atoms with Gasteiger partial charge in [-0.05, 0) is 39.0 Å². The van der Waals surface area contributed by atoms with E-state index in [1.54, 1.807) is 25.2 Å². The average Bonchev–Trinajstić information content (AvgIpc) is 2.45. The van der Waals surface area contributed by atoms with Gasteiger partial charge in [-0.3, -0.25) is 4.79 Å². The number of nitrogens with zero attached hydrogens (tertiary/aromatic N) is 1. The molecule has 1 aromatic rings. The summed E-state index contributed by atoms with van der Waals surface area (Å²) in [5, 5.41) is 0. The summed E-state index contributed by atoms with van der Waals surface area (Å²) in [6.07, 6.45) is 0.323. The third-order valence-electron chi connectivity index (χ3n) is 2.71. The van der Waals surface area contributed by atoms with E-state index in [1.807, 2.05) is 20.8 Å². The Morgan fingerprint density at radius 1 is 1.27 bits per heavy atom. The third kappa shape index (κ3) is 5.63. The monoisotopic (exact) mass is 309 g/mol. The molecule has 0 saturated carbocycles. The molecule has 0 spiro atoms. The lowest BCUT2D eigenvalue weighted by Crippen LogP contribution is -2.36. The van der Waals surface area contributed by atoms with Crippen molar-refractivity contribution in [2.75, 3.05) is 27.3 Å². The van der Waals surface area contributed by atoms with Crippen LogP contribution in [0.4, 0.5) is 4.79 Å². The highest BCUT2D eigenvalue weighted by atomic mass is 16.6.